The van der Waals surface area contributed by atoms with Crippen LogP contribution in [0.4, 0.5) is 0 Å². The average molecular weight is 435 g/mol. The molecule has 7 heteroatoms. The van der Waals surface area contributed by atoms with Gasteiger partial charge in [0.25, 0.3) is 11.5 Å². The summed E-state index contributed by atoms with van der Waals surface area (Å²) >= 11 is 0. The zero-order valence-corrected chi connectivity index (χ0v) is 17.7. The van der Waals surface area contributed by atoms with Crippen LogP contribution in [0.15, 0.2) is 96.1 Å². The summed E-state index contributed by atoms with van der Waals surface area (Å²) < 4.78 is 1.88. The number of amides is 1. The van der Waals surface area contributed by atoms with E-state index in [0.717, 1.165) is 22.3 Å². The molecule has 1 amide bonds. The average Bonchev–Trinajstić information content (AvgIpc) is 3.37. The van der Waals surface area contributed by atoms with Crippen molar-refractivity contribution < 1.29 is 4.79 Å². The number of nitrogens with zero attached hydrogens (tertiary/aromatic N) is 3. The molecular formula is C26H21N5O2. The summed E-state index contributed by atoms with van der Waals surface area (Å²) in [5, 5.41) is 14.5. The number of hydrogen-bond acceptors (Lipinski definition) is 4. The van der Waals surface area contributed by atoms with Gasteiger partial charge in [0, 0.05) is 24.3 Å². The maximum atomic E-state index is 12.9. The zero-order chi connectivity index (χ0) is 22.6. The first-order chi connectivity index (χ1) is 16.2. The van der Waals surface area contributed by atoms with Crippen molar-refractivity contribution in [2.24, 2.45) is 0 Å². The Bertz CT molecular complexity index is 1470. The lowest BCUT2D eigenvalue weighted by Crippen LogP contribution is -2.26. The molecule has 2 heterocycles. The van der Waals surface area contributed by atoms with Crippen LogP contribution < -0.4 is 10.9 Å². The fraction of sp³-hybridized carbons (Fsp3) is 0.0769. The molecule has 0 saturated heterocycles. The molecule has 33 heavy (non-hydrogen) atoms. The van der Waals surface area contributed by atoms with E-state index < -0.39 is 0 Å². The number of aromatic amines is 1. The van der Waals surface area contributed by atoms with Crippen molar-refractivity contribution >= 4 is 16.7 Å². The van der Waals surface area contributed by atoms with Gasteiger partial charge in [0.2, 0.25) is 0 Å². The van der Waals surface area contributed by atoms with Gasteiger partial charge in [-0.1, -0.05) is 66.7 Å². The van der Waals surface area contributed by atoms with Crippen molar-refractivity contribution in [3.05, 3.63) is 118 Å². The summed E-state index contributed by atoms with van der Waals surface area (Å²) in [5.41, 5.74) is 4.14. The van der Waals surface area contributed by atoms with E-state index >= 15 is 0 Å². The monoisotopic (exact) mass is 435 g/mol. The smallest absolute Gasteiger partial charge is 0.272 e. The number of hydrogen-bond donors (Lipinski definition) is 2. The van der Waals surface area contributed by atoms with Crippen molar-refractivity contribution in [3.8, 4) is 11.1 Å². The van der Waals surface area contributed by atoms with Gasteiger partial charge in [-0.25, -0.2) is 5.10 Å². The molecule has 5 rings (SSSR count). The minimum atomic E-state index is -0.341. The van der Waals surface area contributed by atoms with Crippen LogP contribution in [0, 0.1) is 0 Å². The second-order valence-corrected chi connectivity index (χ2v) is 7.69. The van der Waals surface area contributed by atoms with Crippen LogP contribution in [-0.2, 0) is 13.1 Å². The highest BCUT2D eigenvalue weighted by molar-refractivity contribution is 6.04. The van der Waals surface area contributed by atoms with Crippen molar-refractivity contribution in [1.29, 1.82) is 0 Å². The number of rotatable bonds is 6. The summed E-state index contributed by atoms with van der Waals surface area (Å²) in [6, 6.07) is 25.1. The number of benzene rings is 3. The highest BCUT2D eigenvalue weighted by Gasteiger charge is 2.14. The zero-order valence-electron chi connectivity index (χ0n) is 17.7. The van der Waals surface area contributed by atoms with E-state index in [-0.39, 0.29) is 17.2 Å². The molecule has 5 aromatic rings. The number of carbonyl (C=O) groups is 1. The second kappa shape index (κ2) is 8.92. The molecule has 0 aliphatic rings. The van der Waals surface area contributed by atoms with Crippen molar-refractivity contribution in [2.75, 3.05) is 0 Å². The highest BCUT2D eigenvalue weighted by atomic mass is 16.2. The molecule has 7 nitrogen and oxygen atoms in total. The number of H-pyrrole nitrogens is 1. The van der Waals surface area contributed by atoms with E-state index in [4.69, 9.17) is 0 Å². The Morgan fingerprint density at radius 1 is 0.909 bits per heavy atom. The van der Waals surface area contributed by atoms with Crippen LogP contribution in [0.3, 0.4) is 0 Å². The molecule has 3 aromatic carbocycles. The van der Waals surface area contributed by atoms with E-state index in [1.54, 1.807) is 30.5 Å². The van der Waals surface area contributed by atoms with Gasteiger partial charge in [0.05, 0.1) is 11.9 Å². The van der Waals surface area contributed by atoms with E-state index in [9.17, 15) is 9.59 Å². The van der Waals surface area contributed by atoms with Crippen molar-refractivity contribution in [3.63, 3.8) is 0 Å². The van der Waals surface area contributed by atoms with Crippen LogP contribution in [0.25, 0.3) is 21.9 Å². The second-order valence-electron chi connectivity index (χ2n) is 7.69. The third-order valence-electron chi connectivity index (χ3n) is 5.54. The minimum absolute atomic E-state index is 0.200. The summed E-state index contributed by atoms with van der Waals surface area (Å²) in [6.45, 7) is 1.05. The SMILES string of the molecule is O=C(NCc1ccccc1-c1ccc(Cn2cccn2)cc1)c1n[nH]c(=O)c2ccccc12. The van der Waals surface area contributed by atoms with Crippen LogP contribution in [-0.4, -0.2) is 25.9 Å². The molecule has 0 spiro atoms. The van der Waals surface area contributed by atoms with E-state index in [2.05, 4.69) is 44.9 Å². The third-order valence-corrected chi connectivity index (χ3v) is 5.54. The van der Waals surface area contributed by atoms with Gasteiger partial charge in [0.1, 0.15) is 0 Å². The molecule has 0 atom stereocenters. The Hall–Kier alpha value is -4.52. The topological polar surface area (TPSA) is 92.7 Å². The summed E-state index contributed by atoms with van der Waals surface area (Å²) in [6.07, 6.45) is 3.71. The van der Waals surface area contributed by atoms with Gasteiger partial charge in [-0.3, -0.25) is 14.3 Å². The Kier molecular flexibility index (Phi) is 5.51. The molecule has 0 bridgehead atoms. The van der Waals surface area contributed by atoms with Crippen molar-refractivity contribution in [2.45, 2.75) is 13.1 Å². The molecule has 2 aromatic heterocycles. The van der Waals surface area contributed by atoms with Gasteiger partial charge in [0.15, 0.2) is 5.69 Å². The fourth-order valence-corrected chi connectivity index (χ4v) is 3.87. The normalized spacial score (nSPS) is 10.9. The standard InChI is InChI=1S/C26H21N5O2/c32-25-23-9-4-3-8-22(23)24(29-30-25)26(33)27-16-20-6-1-2-7-21(20)19-12-10-18(11-13-19)17-31-15-5-14-28-31/h1-15H,16-17H2,(H,27,33)(H,30,32). The Morgan fingerprint density at radius 2 is 1.67 bits per heavy atom. The van der Waals surface area contributed by atoms with Gasteiger partial charge < -0.3 is 5.32 Å². The first-order valence-electron chi connectivity index (χ1n) is 10.6. The summed E-state index contributed by atoms with van der Waals surface area (Å²) in [4.78, 5) is 24.9. The first-order valence-corrected chi connectivity index (χ1v) is 10.6. The van der Waals surface area contributed by atoms with Crippen LogP contribution in [0.2, 0.25) is 0 Å². The van der Waals surface area contributed by atoms with Gasteiger partial charge in [-0.15, -0.1) is 0 Å². The van der Waals surface area contributed by atoms with E-state index in [1.165, 1.54) is 0 Å². The number of carbonyl (C=O) groups excluding carboxylic acids is 1. The third kappa shape index (κ3) is 4.29. The molecule has 2 N–H and O–H groups in total. The lowest BCUT2D eigenvalue weighted by molar-refractivity contribution is 0.0947. The molecule has 0 saturated carbocycles. The maximum Gasteiger partial charge on any atom is 0.272 e. The molecule has 0 aliphatic carbocycles. The van der Waals surface area contributed by atoms with Gasteiger partial charge in [-0.2, -0.15) is 10.2 Å². The fourth-order valence-electron chi connectivity index (χ4n) is 3.87. The van der Waals surface area contributed by atoms with Crippen LogP contribution in [0.1, 0.15) is 21.6 Å². The molecule has 162 valence electrons. The Labute approximate surface area is 189 Å². The molecular weight excluding hydrogens is 414 g/mol. The molecule has 0 unspecified atom stereocenters. The van der Waals surface area contributed by atoms with Gasteiger partial charge >= 0.3 is 0 Å². The predicted octanol–water partition coefficient (Wildman–Crippen LogP) is 3.76. The summed E-state index contributed by atoms with van der Waals surface area (Å²) in [5.74, 6) is -0.341. The van der Waals surface area contributed by atoms with E-state index in [0.29, 0.717) is 23.9 Å². The minimum Gasteiger partial charge on any atom is -0.347 e. The predicted molar refractivity (Wildman–Crippen MR) is 127 cm³/mol. The highest BCUT2D eigenvalue weighted by Crippen LogP contribution is 2.24. The molecule has 0 fully saturated rings. The summed E-state index contributed by atoms with van der Waals surface area (Å²) in [7, 11) is 0. The maximum absolute atomic E-state index is 12.9. The number of fused-ring (bicyclic) bond motifs is 1. The lowest BCUT2D eigenvalue weighted by Gasteiger charge is -2.12. The number of nitrogens with one attached hydrogen (secondary N) is 2. The molecule has 0 radical (unpaired) electrons. The van der Waals surface area contributed by atoms with Crippen LogP contribution >= 0.6 is 0 Å². The number of aromatic nitrogens is 4. The Morgan fingerprint density at radius 3 is 2.45 bits per heavy atom. The van der Waals surface area contributed by atoms with E-state index in [1.807, 2.05) is 41.2 Å². The van der Waals surface area contributed by atoms with Crippen molar-refractivity contribution in [1.82, 2.24) is 25.3 Å². The quantitative estimate of drug-likeness (QED) is 0.425. The van der Waals surface area contributed by atoms with Gasteiger partial charge in [-0.05, 0) is 34.4 Å². The Balaban J connectivity index is 1.35. The largest absolute Gasteiger partial charge is 0.347 e. The molecule has 0 aliphatic heterocycles. The lowest BCUT2D eigenvalue weighted by atomic mass is 9.98. The first kappa shape index (κ1) is 20.4. The van der Waals surface area contributed by atoms with Crippen LogP contribution in [0.5, 0.6) is 0 Å².